The molecule has 1 aromatic rings. The lowest BCUT2D eigenvalue weighted by Crippen LogP contribution is -2.66. The van der Waals surface area contributed by atoms with Gasteiger partial charge in [0.1, 0.15) is 17.1 Å². The van der Waals surface area contributed by atoms with Crippen LogP contribution in [0.15, 0.2) is 16.9 Å². The lowest BCUT2D eigenvalue weighted by atomic mass is 9.57. The number of phenols is 1. The Bertz CT molecular complexity index is 1470. The Morgan fingerprint density at radius 3 is 2.46 bits per heavy atom. The maximum atomic E-state index is 14.0. The smallest absolute Gasteiger partial charge is 0.255 e. The van der Waals surface area contributed by atoms with Gasteiger partial charge in [-0.15, -0.1) is 0 Å². The fourth-order valence-corrected chi connectivity index (χ4v) is 7.16. The van der Waals surface area contributed by atoms with E-state index < -0.39 is 75.7 Å². The molecule has 41 heavy (non-hydrogen) atoms. The van der Waals surface area contributed by atoms with Crippen LogP contribution in [0.1, 0.15) is 43.4 Å². The van der Waals surface area contributed by atoms with Gasteiger partial charge < -0.3 is 36.8 Å². The molecule has 3 aliphatic carbocycles. The van der Waals surface area contributed by atoms with Crippen molar-refractivity contribution in [3.63, 3.8) is 0 Å². The summed E-state index contributed by atoms with van der Waals surface area (Å²) in [5.74, 6) is -7.82. The van der Waals surface area contributed by atoms with Crippen molar-refractivity contribution in [3.05, 3.63) is 38.6 Å². The van der Waals surface area contributed by atoms with Crippen LogP contribution in [0.2, 0.25) is 5.02 Å². The van der Waals surface area contributed by atoms with E-state index in [1.165, 1.54) is 0 Å². The van der Waals surface area contributed by atoms with Gasteiger partial charge in [0.2, 0.25) is 11.7 Å². The Morgan fingerprint density at radius 2 is 1.85 bits per heavy atom. The monoisotopic (exact) mass is 588 g/mol. The van der Waals surface area contributed by atoms with Gasteiger partial charge in [-0.3, -0.25) is 24.1 Å². The summed E-state index contributed by atoms with van der Waals surface area (Å²) in [6.07, 6.45) is 1.02. The predicted octanol–water partition coefficient (Wildman–Crippen LogP) is 0.870. The number of carbonyl (C=O) groups excluding carboxylic acids is 4. The first-order valence-electron chi connectivity index (χ1n) is 13.6. The number of phenolic OH excluding ortho intramolecular Hbond substituents is 1. The number of rotatable bonds is 6. The molecule has 1 unspecified atom stereocenters. The molecule has 1 heterocycles. The molecule has 5 atom stereocenters. The molecule has 0 spiro atoms. The van der Waals surface area contributed by atoms with E-state index in [4.69, 9.17) is 17.3 Å². The molecule has 220 valence electrons. The Kier molecular flexibility index (Phi) is 7.17. The third kappa shape index (κ3) is 3.99. The van der Waals surface area contributed by atoms with Gasteiger partial charge in [-0.25, -0.2) is 0 Å². The number of fused-ring (bicyclic) bond motifs is 4. The summed E-state index contributed by atoms with van der Waals surface area (Å²) in [6.45, 7) is 4.62. The van der Waals surface area contributed by atoms with Crippen LogP contribution in [0, 0.1) is 11.8 Å². The van der Waals surface area contributed by atoms with Crippen LogP contribution in [0.5, 0.6) is 5.75 Å². The molecule has 1 saturated carbocycles. The normalized spacial score (nSPS) is 29.2. The zero-order valence-corrected chi connectivity index (χ0v) is 23.6. The first-order valence-corrected chi connectivity index (χ1v) is 14.0. The van der Waals surface area contributed by atoms with Crippen molar-refractivity contribution in [3.8, 4) is 5.75 Å². The van der Waals surface area contributed by atoms with Crippen LogP contribution >= 0.6 is 11.6 Å². The highest BCUT2D eigenvalue weighted by Crippen LogP contribution is 2.55. The Balaban J connectivity index is 1.68. The van der Waals surface area contributed by atoms with Crippen LogP contribution in [-0.2, 0) is 32.0 Å². The predicted molar refractivity (Wildman–Crippen MR) is 148 cm³/mol. The summed E-state index contributed by atoms with van der Waals surface area (Å²) in [6, 6.07) is -1.75. The molecule has 0 bridgehead atoms. The first kappa shape index (κ1) is 29.1. The van der Waals surface area contributed by atoms with E-state index in [9.17, 15) is 39.6 Å². The molecule has 5 rings (SSSR count). The largest absolute Gasteiger partial charge is 0.508 e. The van der Waals surface area contributed by atoms with Crippen molar-refractivity contribution in [1.82, 2.24) is 10.2 Å². The van der Waals surface area contributed by atoms with E-state index in [1.807, 2.05) is 6.92 Å². The summed E-state index contributed by atoms with van der Waals surface area (Å²) < 4.78 is 0. The SMILES string of the molecule is CCCNC1Cc2c(Cl)c3c(c(O)c2NC1=O)C(O)=C1C(=O)[C@]2(O)C(O)=C(C(N)=O)C(=O)[C@@H](N(C)CC)[C@@H]2C[C@@H]1C3. The number of amides is 2. The second kappa shape index (κ2) is 10.1. The van der Waals surface area contributed by atoms with Crippen LogP contribution < -0.4 is 16.4 Å². The van der Waals surface area contributed by atoms with E-state index in [2.05, 4.69) is 10.6 Å². The molecule has 1 aromatic carbocycles. The van der Waals surface area contributed by atoms with Crippen molar-refractivity contribution < 1.29 is 39.6 Å². The molecule has 4 aliphatic rings. The van der Waals surface area contributed by atoms with E-state index in [0.29, 0.717) is 24.2 Å². The highest BCUT2D eigenvalue weighted by molar-refractivity contribution is 6.33. The summed E-state index contributed by atoms with van der Waals surface area (Å²) in [7, 11) is 1.59. The number of primary amides is 1. The maximum absolute atomic E-state index is 14.0. The second-order valence-corrected chi connectivity index (χ2v) is 11.5. The van der Waals surface area contributed by atoms with E-state index >= 15 is 0 Å². The standard InChI is InChI=1S/C28H33ClN4O8/c1-4-6-31-14-9-12-18(29)11-7-10-8-13-20(33(3)5-2)23(36)17(26(30)39)25(38)28(13,41)24(37)15(10)21(34)16(11)22(35)19(12)32-27(14)40/h10,13-14,20,31,34-35,38,41H,4-9H2,1-3H3,(H2,30,39)(H,32,40)/t10-,13-,14?,20-,28-/m0/s1. The lowest BCUT2D eigenvalue weighted by Gasteiger charge is -2.50. The van der Waals surface area contributed by atoms with Gasteiger partial charge in [-0.1, -0.05) is 25.4 Å². The summed E-state index contributed by atoms with van der Waals surface area (Å²) in [4.78, 5) is 53.9. The number of ketones is 2. The fourth-order valence-electron chi connectivity index (χ4n) is 6.82. The number of aromatic hydroxyl groups is 1. The molecule has 1 fully saturated rings. The van der Waals surface area contributed by atoms with Gasteiger partial charge in [0.25, 0.3) is 5.91 Å². The van der Waals surface area contributed by atoms with Crippen molar-refractivity contribution in [2.24, 2.45) is 17.6 Å². The zero-order chi connectivity index (χ0) is 30.1. The summed E-state index contributed by atoms with van der Waals surface area (Å²) in [5, 5.41) is 51.5. The van der Waals surface area contributed by atoms with Gasteiger partial charge in [0.15, 0.2) is 17.1 Å². The van der Waals surface area contributed by atoms with Crippen molar-refractivity contribution in [2.45, 2.75) is 57.2 Å². The number of carbonyl (C=O) groups is 4. The minimum atomic E-state index is -2.73. The van der Waals surface area contributed by atoms with Gasteiger partial charge in [0.05, 0.1) is 28.4 Å². The Morgan fingerprint density at radius 1 is 1.17 bits per heavy atom. The quantitative estimate of drug-likeness (QED) is 0.184. The van der Waals surface area contributed by atoms with Gasteiger partial charge in [-0.05, 0) is 50.9 Å². The van der Waals surface area contributed by atoms with Gasteiger partial charge in [0, 0.05) is 23.5 Å². The number of halogens is 1. The Labute approximate surface area is 240 Å². The average Bonchev–Trinajstić information content (AvgIpc) is 2.92. The molecular weight excluding hydrogens is 556 g/mol. The number of nitrogens with two attached hydrogens (primary N) is 1. The fraction of sp³-hybridized carbons (Fsp3) is 0.500. The van der Waals surface area contributed by atoms with Crippen LogP contribution in [-0.4, -0.2) is 86.5 Å². The van der Waals surface area contributed by atoms with Crippen molar-refractivity contribution >= 4 is 46.4 Å². The summed E-state index contributed by atoms with van der Waals surface area (Å²) in [5.41, 5.74) is 2.19. The second-order valence-electron chi connectivity index (χ2n) is 11.1. The van der Waals surface area contributed by atoms with Crippen LogP contribution in [0.3, 0.4) is 0 Å². The van der Waals surface area contributed by atoms with Crippen molar-refractivity contribution in [1.29, 1.82) is 0 Å². The van der Waals surface area contributed by atoms with Crippen LogP contribution in [0.25, 0.3) is 5.76 Å². The number of anilines is 1. The van der Waals surface area contributed by atoms with E-state index in [0.717, 1.165) is 6.42 Å². The molecule has 13 heteroatoms. The third-order valence-corrected chi connectivity index (χ3v) is 9.41. The number of hydrogen-bond acceptors (Lipinski definition) is 10. The minimum absolute atomic E-state index is 0.0189. The zero-order valence-electron chi connectivity index (χ0n) is 22.9. The first-order chi connectivity index (χ1) is 19.3. The number of nitrogens with one attached hydrogen (secondary N) is 2. The molecule has 2 amide bonds. The van der Waals surface area contributed by atoms with Gasteiger partial charge in [-0.2, -0.15) is 0 Å². The van der Waals surface area contributed by atoms with E-state index in [1.54, 1.807) is 18.9 Å². The summed E-state index contributed by atoms with van der Waals surface area (Å²) >= 11 is 6.84. The highest BCUT2D eigenvalue weighted by Gasteiger charge is 2.64. The topological polar surface area (TPSA) is 203 Å². The number of aliphatic hydroxyl groups is 3. The lowest BCUT2D eigenvalue weighted by molar-refractivity contribution is -0.154. The molecule has 0 saturated heterocycles. The number of likely N-dealkylation sites (N-methyl/N-ethyl adjacent to an activating group) is 1. The molecule has 0 radical (unpaired) electrons. The van der Waals surface area contributed by atoms with Crippen LogP contribution in [0.4, 0.5) is 5.69 Å². The number of benzene rings is 1. The molecular formula is C28H33ClN4O8. The third-order valence-electron chi connectivity index (χ3n) is 8.95. The average molecular weight is 589 g/mol. The van der Waals surface area contributed by atoms with E-state index in [-0.39, 0.29) is 41.1 Å². The molecule has 0 aromatic heterocycles. The molecule has 12 nitrogen and oxygen atoms in total. The van der Waals surface area contributed by atoms with Crippen molar-refractivity contribution in [2.75, 3.05) is 25.5 Å². The minimum Gasteiger partial charge on any atom is -0.508 e. The maximum Gasteiger partial charge on any atom is 0.255 e. The highest BCUT2D eigenvalue weighted by atomic mass is 35.5. The molecule has 1 aliphatic heterocycles. The molecule has 8 N–H and O–H groups in total. The Hall–Kier alpha value is -3.45. The number of nitrogens with zero attached hydrogens (tertiary/aromatic N) is 1. The number of aliphatic hydroxyl groups excluding tert-OH is 2. The van der Waals surface area contributed by atoms with Gasteiger partial charge >= 0.3 is 0 Å². The number of Topliss-reactive ketones (excluding diaryl/α,β-unsaturated/α-hetero) is 2. The number of hydrogen-bond donors (Lipinski definition) is 7.